The number of ether oxygens (including phenoxy) is 3. The molecule has 2 aromatic carbocycles. The number of hydrogen-bond acceptors (Lipinski definition) is 6. The minimum absolute atomic E-state index is 0.0139. The number of hydrogen-bond donors (Lipinski definition) is 2. The third-order valence-electron chi connectivity index (χ3n) is 6.91. The van der Waals surface area contributed by atoms with Gasteiger partial charge in [-0.2, -0.15) is 0 Å². The molecule has 2 aromatic rings. The van der Waals surface area contributed by atoms with E-state index in [-0.39, 0.29) is 43.6 Å². The quantitative estimate of drug-likeness (QED) is 0.596. The number of amides is 2. The molecular formula is C26H28N2O7. The Morgan fingerprint density at radius 2 is 1.69 bits per heavy atom. The molecule has 5 rings (SSSR count). The molecule has 9 nitrogen and oxygen atoms in total. The Kier molecular flexibility index (Phi) is 6.70. The average Bonchev–Trinajstić information content (AvgIpc) is 3.43. The summed E-state index contributed by atoms with van der Waals surface area (Å²) in [6, 6.07) is 16.3. The molecule has 2 heterocycles. The van der Waals surface area contributed by atoms with Gasteiger partial charge in [0.05, 0.1) is 6.10 Å². The molecule has 2 N–H and O–H groups in total. The Labute approximate surface area is 203 Å². The zero-order valence-corrected chi connectivity index (χ0v) is 19.2. The number of likely N-dealkylation sites (tertiary alicyclic amines) is 1. The molecule has 2 fully saturated rings. The highest BCUT2D eigenvalue weighted by Crippen LogP contribution is 2.44. The van der Waals surface area contributed by atoms with Gasteiger partial charge in [0.1, 0.15) is 19.3 Å². The number of carbonyl (C=O) groups is 3. The molecule has 2 atom stereocenters. The third-order valence-corrected chi connectivity index (χ3v) is 6.91. The zero-order valence-electron chi connectivity index (χ0n) is 19.2. The van der Waals surface area contributed by atoms with Crippen molar-refractivity contribution in [2.75, 3.05) is 39.5 Å². The fraction of sp³-hybridized carbons (Fsp3) is 0.423. The van der Waals surface area contributed by atoms with Crippen molar-refractivity contribution >= 4 is 18.0 Å². The Balaban J connectivity index is 1.10. The van der Waals surface area contributed by atoms with Crippen LogP contribution in [0.3, 0.4) is 0 Å². The molecule has 0 bridgehead atoms. The zero-order chi connectivity index (χ0) is 24.4. The van der Waals surface area contributed by atoms with Crippen LogP contribution >= 0.6 is 0 Å². The summed E-state index contributed by atoms with van der Waals surface area (Å²) < 4.78 is 16.4. The summed E-state index contributed by atoms with van der Waals surface area (Å²) in [5.41, 5.74) is 4.64. The van der Waals surface area contributed by atoms with Gasteiger partial charge in [-0.05, 0) is 28.7 Å². The van der Waals surface area contributed by atoms with Crippen molar-refractivity contribution in [3.8, 4) is 11.1 Å². The summed E-state index contributed by atoms with van der Waals surface area (Å²) in [6.45, 7) is 1.27. The molecule has 0 aromatic heterocycles. The molecule has 2 amide bonds. The molecule has 1 aliphatic carbocycles. The molecule has 2 saturated heterocycles. The second-order valence-electron chi connectivity index (χ2n) is 9.12. The molecule has 0 unspecified atom stereocenters. The van der Waals surface area contributed by atoms with E-state index in [2.05, 4.69) is 29.6 Å². The van der Waals surface area contributed by atoms with Crippen molar-refractivity contribution in [2.45, 2.75) is 24.5 Å². The lowest BCUT2D eigenvalue weighted by Gasteiger charge is -2.40. The van der Waals surface area contributed by atoms with E-state index in [1.165, 1.54) is 11.1 Å². The third kappa shape index (κ3) is 4.87. The van der Waals surface area contributed by atoms with Crippen LogP contribution in [0.2, 0.25) is 0 Å². The molecule has 3 aliphatic rings. The Morgan fingerprint density at radius 3 is 2.34 bits per heavy atom. The maximum atomic E-state index is 12.8. The van der Waals surface area contributed by atoms with Crippen molar-refractivity contribution in [1.29, 1.82) is 0 Å². The molecule has 35 heavy (non-hydrogen) atoms. The van der Waals surface area contributed by atoms with Crippen LogP contribution in [-0.4, -0.2) is 79.6 Å². The van der Waals surface area contributed by atoms with Gasteiger partial charge in [0.15, 0.2) is 0 Å². The summed E-state index contributed by atoms with van der Waals surface area (Å²) in [7, 11) is 0. The summed E-state index contributed by atoms with van der Waals surface area (Å²) in [5, 5.41) is 11.5. The van der Waals surface area contributed by atoms with Gasteiger partial charge in [0, 0.05) is 38.1 Å². The van der Waals surface area contributed by atoms with Crippen molar-refractivity contribution in [3.63, 3.8) is 0 Å². The summed E-state index contributed by atoms with van der Waals surface area (Å²) in [6.07, 6.45) is -0.762. The standard InChI is InChI=1S/C26H28N2O7/c29-23(30)15-34-17-12-28(13-17)25(31)24-16(9-10-33-24)11-27-26(32)35-14-22-20-7-3-1-5-18(20)19-6-2-4-8-21(19)22/h1-8,16-17,22,24H,9-15H2,(H,27,32)(H,29,30)/t16-,24-/m1/s1. The summed E-state index contributed by atoms with van der Waals surface area (Å²) in [4.78, 5) is 37.5. The van der Waals surface area contributed by atoms with Gasteiger partial charge in [-0.3, -0.25) is 4.79 Å². The van der Waals surface area contributed by atoms with Gasteiger partial charge < -0.3 is 29.5 Å². The largest absolute Gasteiger partial charge is 0.480 e. The lowest BCUT2D eigenvalue weighted by atomic mass is 9.98. The molecular weight excluding hydrogens is 452 g/mol. The van der Waals surface area contributed by atoms with E-state index in [4.69, 9.17) is 19.3 Å². The van der Waals surface area contributed by atoms with E-state index < -0.39 is 18.2 Å². The SMILES string of the molecule is O=C(O)COC1CN(C(=O)[C@@H]2OCC[C@@H]2CNC(=O)OCC2c3ccccc3-c3ccccc32)C1. The van der Waals surface area contributed by atoms with Gasteiger partial charge in [0.2, 0.25) is 0 Å². The van der Waals surface area contributed by atoms with Crippen molar-refractivity contribution < 1.29 is 33.7 Å². The van der Waals surface area contributed by atoms with Crippen molar-refractivity contribution in [1.82, 2.24) is 10.2 Å². The van der Waals surface area contributed by atoms with Crippen LogP contribution in [0.15, 0.2) is 48.5 Å². The minimum atomic E-state index is -1.03. The van der Waals surface area contributed by atoms with Crippen molar-refractivity contribution in [2.24, 2.45) is 5.92 Å². The van der Waals surface area contributed by atoms with Gasteiger partial charge in [-0.15, -0.1) is 0 Å². The number of aliphatic carboxylic acids is 1. The number of carbonyl (C=O) groups excluding carboxylic acids is 2. The molecule has 9 heteroatoms. The van der Waals surface area contributed by atoms with Crippen molar-refractivity contribution in [3.05, 3.63) is 59.7 Å². The first-order valence-electron chi connectivity index (χ1n) is 11.8. The van der Waals surface area contributed by atoms with Crippen LogP contribution < -0.4 is 5.32 Å². The monoisotopic (exact) mass is 480 g/mol. The normalized spacial score (nSPS) is 21.2. The fourth-order valence-corrected chi connectivity index (χ4v) is 5.07. The smallest absolute Gasteiger partial charge is 0.407 e. The Morgan fingerprint density at radius 1 is 1.03 bits per heavy atom. The lowest BCUT2D eigenvalue weighted by Crippen LogP contribution is -2.58. The van der Waals surface area contributed by atoms with Gasteiger partial charge >= 0.3 is 12.1 Å². The number of carboxylic acid groups (broad SMARTS) is 1. The number of nitrogens with one attached hydrogen (secondary N) is 1. The highest BCUT2D eigenvalue weighted by Gasteiger charge is 2.41. The van der Waals surface area contributed by atoms with Gasteiger partial charge in [-0.25, -0.2) is 9.59 Å². The van der Waals surface area contributed by atoms with E-state index in [1.54, 1.807) is 4.90 Å². The van der Waals surface area contributed by atoms with Crippen LogP contribution in [0.4, 0.5) is 4.79 Å². The predicted octanol–water partition coefficient (Wildman–Crippen LogP) is 2.24. The number of fused-ring (bicyclic) bond motifs is 3. The van der Waals surface area contributed by atoms with Crippen LogP contribution in [0, 0.1) is 5.92 Å². The van der Waals surface area contributed by atoms with Crippen LogP contribution in [0.5, 0.6) is 0 Å². The van der Waals surface area contributed by atoms with E-state index in [1.807, 2.05) is 24.3 Å². The topological polar surface area (TPSA) is 114 Å². The second-order valence-corrected chi connectivity index (χ2v) is 9.12. The minimum Gasteiger partial charge on any atom is -0.480 e. The summed E-state index contributed by atoms with van der Waals surface area (Å²) >= 11 is 0. The predicted molar refractivity (Wildman–Crippen MR) is 125 cm³/mol. The van der Waals surface area contributed by atoms with Crippen LogP contribution in [0.25, 0.3) is 11.1 Å². The Hall–Kier alpha value is -3.43. The first-order valence-corrected chi connectivity index (χ1v) is 11.8. The van der Waals surface area contributed by atoms with Crippen LogP contribution in [0.1, 0.15) is 23.5 Å². The van der Waals surface area contributed by atoms with E-state index >= 15 is 0 Å². The number of benzene rings is 2. The Bertz CT molecular complexity index is 1070. The van der Waals surface area contributed by atoms with E-state index in [9.17, 15) is 14.4 Å². The second kappa shape index (κ2) is 10.1. The molecule has 2 aliphatic heterocycles. The first-order chi connectivity index (χ1) is 17.0. The molecule has 0 spiro atoms. The average molecular weight is 481 g/mol. The van der Waals surface area contributed by atoms with E-state index in [0.29, 0.717) is 26.1 Å². The number of alkyl carbamates (subject to hydrolysis) is 1. The van der Waals surface area contributed by atoms with Gasteiger partial charge in [-0.1, -0.05) is 48.5 Å². The van der Waals surface area contributed by atoms with E-state index in [0.717, 1.165) is 11.1 Å². The van der Waals surface area contributed by atoms with Crippen LogP contribution in [-0.2, 0) is 23.8 Å². The maximum Gasteiger partial charge on any atom is 0.407 e. The first kappa shape index (κ1) is 23.3. The fourth-order valence-electron chi connectivity index (χ4n) is 5.07. The maximum absolute atomic E-state index is 12.8. The molecule has 0 radical (unpaired) electrons. The summed E-state index contributed by atoms with van der Waals surface area (Å²) in [5.74, 6) is -1.35. The molecule has 0 saturated carbocycles. The number of nitrogens with zero attached hydrogens (tertiary/aromatic N) is 1. The number of rotatable bonds is 8. The number of carboxylic acids is 1. The highest BCUT2D eigenvalue weighted by atomic mass is 16.5. The lowest BCUT2D eigenvalue weighted by molar-refractivity contribution is -0.160. The molecule has 184 valence electrons. The van der Waals surface area contributed by atoms with Gasteiger partial charge in [0.25, 0.3) is 5.91 Å². The highest BCUT2D eigenvalue weighted by molar-refractivity contribution is 5.82.